The Labute approximate surface area is 140 Å². The third-order valence-electron chi connectivity index (χ3n) is 4.45. The lowest BCUT2D eigenvalue weighted by molar-refractivity contribution is -0.939. The number of quaternary nitrogens is 1. The summed E-state index contributed by atoms with van der Waals surface area (Å²) in [4.78, 5) is 1.50. The van der Waals surface area contributed by atoms with Gasteiger partial charge in [-0.2, -0.15) is 9.78 Å². The minimum absolute atomic E-state index is 0.752. The zero-order chi connectivity index (χ0) is 15.6. The summed E-state index contributed by atoms with van der Waals surface area (Å²) in [6.07, 6.45) is 2.94. The van der Waals surface area contributed by atoms with Crippen molar-refractivity contribution in [2.24, 2.45) is 0 Å². The van der Waals surface area contributed by atoms with Crippen molar-refractivity contribution in [2.75, 3.05) is 6.54 Å². The van der Waals surface area contributed by atoms with Crippen LogP contribution >= 0.6 is 12.2 Å². The molecule has 0 fully saturated rings. The fourth-order valence-corrected chi connectivity index (χ4v) is 3.47. The van der Waals surface area contributed by atoms with E-state index >= 15 is 0 Å². The molecule has 0 radical (unpaired) electrons. The lowest BCUT2D eigenvalue weighted by Crippen LogP contribution is -3.11. The minimum Gasteiger partial charge on any atom is -0.312 e. The molecule has 0 saturated heterocycles. The zero-order valence-corrected chi connectivity index (χ0v) is 13.7. The smallest absolute Gasteiger partial charge is 0.207 e. The van der Waals surface area contributed by atoms with E-state index in [9.17, 15) is 0 Å². The summed E-state index contributed by atoms with van der Waals surface area (Å²) in [5.41, 5.74) is 3.99. The van der Waals surface area contributed by atoms with Crippen molar-refractivity contribution < 1.29 is 4.90 Å². The van der Waals surface area contributed by atoms with Crippen LogP contribution in [0, 0.1) is 4.77 Å². The highest BCUT2D eigenvalue weighted by Gasteiger charge is 2.20. The Kier molecular flexibility index (Phi) is 3.81. The predicted molar refractivity (Wildman–Crippen MR) is 92.1 cm³/mol. The molecule has 1 aliphatic rings. The number of hydrogen-bond acceptors (Lipinski definition) is 2. The van der Waals surface area contributed by atoms with E-state index in [-0.39, 0.29) is 0 Å². The number of fused-ring (bicyclic) bond motifs is 1. The minimum atomic E-state index is 0.752. The molecular weight excluding hydrogens is 304 g/mol. The van der Waals surface area contributed by atoms with Crippen molar-refractivity contribution in [3.63, 3.8) is 0 Å². The van der Waals surface area contributed by atoms with Crippen LogP contribution in [-0.4, -0.2) is 20.9 Å². The van der Waals surface area contributed by atoms with Crippen molar-refractivity contribution >= 4 is 12.2 Å². The Morgan fingerprint density at radius 2 is 1.74 bits per heavy atom. The standard InChI is InChI=1S/C18H18N4S/c23-18-21(17-8-2-1-3-9-17)13-19-22(18)14-20-11-10-15-6-4-5-7-16(15)12-20/h1-9,13H,10-12,14H2/p+1. The van der Waals surface area contributed by atoms with Crippen molar-refractivity contribution in [1.82, 2.24) is 14.3 Å². The third-order valence-corrected chi connectivity index (χ3v) is 4.86. The molecule has 0 bridgehead atoms. The van der Waals surface area contributed by atoms with Crippen LogP contribution in [0.5, 0.6) is 0 Å². The molecule has 1 aromatic heterocycles. The Bertz CT molecular complexity index is 866. The number of nitrogens with zero attached hydrogens (tertiary/aromatic N) is 3. The topological polar surface area (TPSA) is 27.2 Å². The molecule has 4 nitrogen and oxygen atoms in total. The van der Waals surface area contributed by atoms with Crippen LogP contribution in [0.1, 0.15) is 11.1 Å². The Morgan fingerprint density at radius 1 is 1.00 bits per heavy atom. The molecule has 23 heavy (non-hydrogen) atoms. The molecule has 0 spiro atoms. The third kappa shape index (κ3) is 2.85. The summed E-state index contributed by atoms with van der Waals surface area (Å²) in [5, 5.41) is 4.50. The average molecular weight is 323 g/mol. The first-order valence-electron chi connectivity index (χ1n) is 7.91. The van der Waals surface area contributed by atoms with Crippen LogP contribution < -0.4 is 4.90 Å². The molecule has 2 aromatic carbocycles. The number of rotatable bonds is 3. The maximum absolute atomic E-state index is 5.60. The summed E-state index contributed by atoms with van der Waals surface area (Å²) in [6, 6.07) is 18.9. The number of para-hydroxylation sites is 1. The predicted octanol–water partition coefficient (Wildman–Crippen LogP) is 2.00. The van der Waals surface area contributed by atoms with E-state index in [1.807, 2.05) is 45.9 Å². The van der Waals surface area contributed by atoms with Crippen molar-refractivity contribution in [2.45, 2.75) is 19.6 Å². The van der Waals surface area contributed by atoms with Gasteiger partial charge >= 0.3 is 0 Å². The van der Waals surface area contributed by atoms with Crippen LogP contribution in [-0.2, 0) is 19.6 Å². The van der Waals surface area contributed by atoms with Gasteiger partial charge in [0.25, 0.3) is 0 Å². The van der Waals surface area contributed by atoms with Crippen LogP contribution in [0.2, 0.25) is 0 Å². The first kappa shape index (κ1) is 14.4. The van der Waals surface area contributed by atoms with Crippen LogP contribution in [0.15, 0.2) is 60.9 Å². The molecule has 1 aliphatic heterocycles. The molecule has 3 aromatic rings. The first-order valence-corrected chi connectivity index (χ1v) is 8.32. The fourth-order valence-electron chi connectivity index (χ4n) is 3.20. The van der Waals surface area contributed by atoms with Gasteiger partial charge < -0.3 is 4.90 Å². The van der Waals surface area contributed by atoms with E-state index in [0.29, 0.717) is 0 Å². The molecule has 4 rings (SSSR count). The number of hydrogen-bond donors (Lipinski definition) is 1. The van der Waals surface area contributed by atoms with Gasteiger partial charge in [-0.3, -0.25) is 4.57 Å². The Morgan fingerprint density at radius 3 is 2.57 bits per heavy atom. The summed E-state index contributed by atoms with van der Waals surface area (Å²) in [7, 11) is 0. The van der Waals surface area contributed by atoms with E-state index in [0.717, 1.165) is 36.6 Å². The molecule has 1 unspecified atom stereocenters. The van der Waals surface area contributed by atoms with Gasteiger partial charge in [0.15, 0.2) is 6.67 Å². The number of benzene rings is 2. The largest absolute Gasteiger partial charge is 0.312 e. The van der Waals surface area contributed by atoms with E-state index in [4.69, 9.17) is 12.2 Å². The van der Waals surface area contributed by atoms with Gasteiger partial charge in [0.2, 0.25) is 4.77 Å². The van der Waals surface area contributed by atoms with Crippen LogP contribution in [0.4, 0.5) is 0 Å². The second kappa shape index (κ2) is 6.10. The summed E-state index contributed by atoms with van der Waals surface area (Å²) >= 11 is 5.60. The summed E-state index contributed by atoms with van der Waals surface area (Å²) < 4.78 is 4.65. The lowest BCUT2D eigenvalue weighted by atomic mass is 10.0. The lowest BCUT2D eigenvalue weighted by Gasteiger charge is -2.25. The van der Waals surface area contributed by atoms with Crippen molar-refractivity contribution in [1.29, 1.82) is 0 Å². The van der Waals surface area contributed by atoms with Gasteiger partial charge in [0.05, 0.1) is 6.54 Å². The van der Waals surface area contributed by atoms with E-state index in [2.05, 4.69) is 29.4 Å². The maximum atomic E-state index is 5.60. The normalized spacial score (nSPS) is 17.0. The monoisotopic (exact) mass is 323 g/mol. The molecular formula is C18H19N4S+. The molecule has 0 saturated carbocycles. The zero-order valence-electron chi connectivity index (χ0n) is 12.9. The van der Waals surface area contributed by atoms with Gasteiger partial charge in [-0.15, -0.1) is 0 Å². The van der Waals surface area contributed by atoms with Gasteiger partial charge in [0.1, 0.15) is 12.9 Å². The molecule has 5 heteroatoms. The summed E-state index contributed by atoms with van der Waals surface area (Å²) in [6.45, 7) is 2.97. The van der Waals surface area contributed by atoms with E-state index < -0.39 is 0 Å². The highest BCUT2D eigenvalue weighted by molar-refractivity contribution is 7.71. The SMILES string of the molecule is S=c1n(-c2ccccc2)cnn1C[NH+]1CCc2ccccc2C1. The molecule has 116 valence electrons. The first-order chi connectivity index (χ1) is 11.3. The van der Waals surface area contributed by atoms with Crippen molar-refractivity contribution in [3.8, 4) is 5.69 Å². The Balaban J connectivity index is 1.55. The van der Waals surface area contributed by atoms with E-state index in [1.165, 1.54) is 16.0 Å². The molecule has 0 aliphatic carbocycles. The second-order valence-electron chi connectivity index (χ2n) is 5.97. The van der Waals surface area contributed by atoms with Gasteiger partial charge in [-0.05, 0) is 29.9 Å². The highest BCUT2D eigenvalue weighted by Crippen LogP contribution is 2.11. The molecule has 2 heterocycles. The van der Waals surface area contributed by atoms with Crippen LogP contribution in [0.25, 0.3) is 5.69 Å². The molecule has 1 N–H and O–H groups in total. The van der Waals surface area contributed by atoms with Gasteiger partial charge in [-0.1, -0.05) is 42.5 Å². The highest BCUT2D eigenvalue weighted by atomic mass is 32.1. The summed E-state index contributed by atoms with van der Waals surface area (Å²) in [5.74, 6) is 0. The number of nitrogens with one attached hydrogen (secondary N) is 1. The quantitative estimate of drug-likeness (QED) is 0.747. The molecule has 1 atom stereocenters. The van der Waals surface area contributed by atoms with E-state index in [1.54, 1.807) is 0 Å². The maximum Gasteiger partial charge on any atom is 0.207 e. The number of aromatic nitrogens is 3. The van der Waals surface area contributed by atoms with Gasteiger partial charge in [-0.25, -0.2) is 0 Å². The van der Waals surface area contributed by atoms with Crippen molar-refractivity contribution in [3.05, 3.63) is 76.8 Å². The molecule has 0 amide bonds. The average Bonchev–Trinajstić information content (AvgIpc) is 2.96. The van der Waals surface area contributed by atoms with Crippen LogP contribution in [0.3, 0.4) is 0 Å². The van der Waals surface area contributed by atoms with Gasteiger partial charge in [0, 0.05) is 17.7 Å². The second-order valence-corrected chi connectivity index (χ2v) is 6.34. The Hall–Kier alpha value is -2.24. The fraction of sp³-hybridized carbons (Fsp3) is 0.222.